The Labute approximate surface area is 112 Å². The maximum absolute atomic E-state index is 10.8. The van der Waals surface area contributed by atoms with Crippen molar-refractivity contribution in [2.75, 3.05) is 12.3 Å². The van der Waals surface area contributed by atoms with Crippen LogP contribution in [0.15, 0.2) is 0 Å². The van der Waals surface area contributed by atoms with Crippen molar-refractivity contribution in [3.8, 4) is 0 Å². The number of hydrogen-bond acceptors (Lipinski definition) is 3. The molecule has 18 heavy (non-hydrogen) atoms. The largest absolute Gasteiger partial charge is 0.314 e. The van der Waals surface area contributed by atoms with Crippen LogP contribution in [0.4, 0.5) is 0 Å². The summed E-state index contributed by atoms with van der Waals surface area (Å²) in [6, 6.07) is 0.572. The van der Waals surface area contributed by atoms with Crippen molar-refractivity contribution in [3.63, 3.8) is 0 Å². The first-order valence-electron chi connectivity index (χ1n) is 7.10. The molecule has 0 saturated heterocycles. The van der Waals surface area contributed by atoms with Crippen LogP contribution < -0.4 is 10.5 Å². The molecule has 1 saturated carbocycles. The van der Waals surface area contributed by atoms with E-state index in [-0.39, 0.29) is 5.75 Å². The number of rotatable bonds is 7. The molecule has 2 unspecified atom stereocenters. The van der Waals surface area contributed by atoms with Gasteiger partial charge in [-0.3, -0.25) is 0 Å². The van der Waals surface area contributed by atoms with E-state index >= 15 is 0 Å². The van der Waals surface area contributed by atoms with Crippen LogP contribution in [-0.4, -0.2) is 26.8 Å². The molecule has 4 nitrogen and oxygen atoms in total. The summed E-state index contributed by atoms with van der Waals surface area (Å²) in [5.41, 5.74) is 0. The molecule has 5 heteroatoms. The van der Waals surface area contributed by atoms with Crippen LogP contribution in [0.2, 0.25) is 0 Å². The molecule has 108 valence electrons. The Balaban J connectivity index is 2.18. The molecule has 0 spiro atoms. The summed E-state index contributed by atoms with van der Waals surface area (Å²) in [7, 11) is -3.29. The number of nitrogens with one attached hydrogen (secondary N) is 1. The predicted octanol–water partition coefficient (Wildman–Crippen LogP) is 1.86. The van der Waals surface area contributed by atoms with Crippen molar-refractivity contribution in [1.29, 1.82) is 0 Å². The van der Waals surface area contributed by atoms with E-state index in [0.717, 1.165) is 18.4 Å². The van der Waals surface area contributed by atoms with Gasteiger partial charge < -0.3 is 5.32 Å². The zero-order chi connectivity index (χ0) is 13.6. The van der Waals surface area contributed by atoms with Crippen molar-refractivity contribution >= 4 is 10.0 Å². The predicted molar refractivity (Wildman–Crippen MR) is 75.8 cm³/mol. The van der Waals surface area contributed by atoms with E-state index in [1.165, 1.54) is 32.1 Å². The van der Waals surface area contributed by atoms with Crippen molar-refractivity contribution in [2.24, 2.45) is 17.0 Å². The average molecular weight is 276 g/mol. The average Bonchev–Trinajstić information content (AvgIpc) is 2.23. The van der Waals surface area contributed by atoms with Crippen LogP contribution in [0.25, 0.3) is 0 Å². The van der Waals surface area contributed by atoms with Gasteiger partial charge >= 0.3 is 0 Å². The lowest BCUT2D eigenvalue weighted by atomic mass is 9.81. The molecule has 0 aromatic carbocycles. The molecule has 2 atom stereocenters. The molecule has 1 aliphatic rings. The van der Waals surface area contributed by atoms with Gasteiger partial charge in [-0.2, -0.15) is 0 Å². The third-order valence-corrected chi connectivity index (χ3v) is 4.48. The van der Waals surface area contributed by atoms with Crippen LogP contribution >= 0.6 is 0 Å². The maximum atomic E-state index is 10.8. The summed E-state index contributed by atoms with van der Waals surface area (Å²) >= 11 is 0. The van der Waals surface area contributed by atoms with Gasteiger partial charge in [0.05, 0.1) is 5.75 Å². The van der Waals surface area contributed by atoms with Gasteiger partial charge in [0, 0.05) is 6.04 Å². The minimum atomic E-state index is -3.29. The van der Waals surface area contributed by atoms with E-state index in [4.69, 9.17) is 5.14 Å². The van der Waals surface area contributed by atoms with E-state index in [0.29, 0.717) is 12.5 Å². The topological polar surface area (TPSA) is 72.2 Å². The number of primary sulfonamides is 1. The Kier molecular flexibility index (Phi) is 6.60. The second-order valence-electron chi connectivity index (χ2n) is 6.03. The van der Waals surface area contributed by atoms with Gasteiger partial charge in [-0.25, -0.2) is 13.6 Å². The highest BCUT2D eigenvalue weighted by Gasteiger charge is 2.22. The summed E-state index contributed by atoms with van der Waals surface area (Å²) in [4.78, 5) is 0. The van der Waals surface area contributed by atoms with E-state index in [1.54, 1.807) is 0 Å². The summed E-state index contributed by atoms with van der Waals surface area (Å²) in [5, 5.41) is 8.45. The van der Waals surface area contributed by atoms with Gasteiger partial charge in [-0.15, -0.1) is 0 Å². The summed E-state index contributed by atoms with van der Waals surface area (Å²) in [6.07, 6.45) is 7.05. The first kappa shape index (κ1) is 15.9. The fraction of sp³-hybridized carbons (Fsp3) is 1.00. The van der Waals surface area contributed by atoms with Gasteiger partial charge in [-0.1, -0.05) is 26.7 Å². The third-order valence-electron chi connectivity index (χ3n) is 3.63. The second-order valence-corrected chi connectivity index (χ2v) is 7.77. The van der Waals surface area contributed by atoms with Crippen LogP contribution in [0.5, 0.6) is 0 Å². The molecule has 0 amide bonds. The Morgan fingerprint density at radius 1 is 1.33 bits per heavy atom. The molecule has 0 heterocycles. The first-order valence-corrected chi connectivity index (χ1v) is 8.82. The molecule has 0 aliphatic heterocycles. The van der Waals surface area contributed by atoms with E-state index < -0.39 is 10.0 Å². The molecule has 0 aromatic rings. The smallest absolute Gasteiger partial charge is 0.209 e. The van der Waals surface area contributed by atoms with Crippen LogP contribution in [0, 0.1) is 11.8 Å². The summed E-state index contributed by atoms with van der Waals surface area (Å²) in [5.74, 6) is 1.70. The standard InChI is InChI=1S/C13H28N2O2S/c1-11(2)9-12-5-3-6-13(10-12)15-7-4-8-18(14,16)17/h11-13,15H,3-10H2,1-2H3,(H2,14,16,17). The Morgan fingerprint density at radius 3 is 2.67 bits per heavy atom. The van der Waals surface area contributed by atoms with Gasteiger partial charge in [-0.05, 0) is 44.1 Å². The normalized spacial score (nSPS) is 25.6. The number of sulfonamides is 1. The van der Waals surface area contributed by atoms with Crippen molar-refractivity contribution in [2.45, 2.75) is 58.4 Å². The highest BCUT2D eigenvalue weighted by atomic mass is 32.2. The minimum Gasteiger partial charge on any atom is -0.314 e. The summed E-state index contributed by atoms with van der Waals surface area (Å²) < 4.78 is 21.6. The highest BCUT2D eigenvalue weighted by Crippen LogP contribution is 2.29. The molecule has 1 aliphatic carbocycles. The Hall–Kier alpha value is -0.130. The van der Waals surface area contributed by atoms with Crippen LogP contribution in [0.1, 0.15) is 52.4 Å². The molecule has 3 N–H and O–H groups in total. The van der Waals surface area contributed by atoms with Gasteiger partial charge in [0.1, 0.15) is 0 Å². The molecule has 0 bridgehead atoms. The first-order chi connectivity index (χ1) is 8.37. The monoisotopic (exact) mass is 276 g/mol. The Bertz CT molecular complexity index is 328. The lowest BCUT2D eigenvalue weighted by Gasteiger charge is -2.30. The zero-order valence-electron chi connectivity index (χ0n) is 11.7. The molecular formula is C13H28N2O2S. The lowest BCUT2D eigenvalue weighted by Crippen LogP contribution is -2.35. The fourth-order valence-electron chi connectivity index (χ4n) is 2.94. The van der Waals surface area contributed by atoms with Gasteiger partial charge in [0.15, 0.2) is 0 Å². The quantitative estimate of drug-likeness (QED) is 0.697. The molecule has 1 fully saturated rings. The SMILES string of the molecule is CC(C)CC1CCCC(NCCCS(N)(=O)=O)C1. The van der Waals surface area contributed by atoms with Crippen molar-refractivity contribution in [1.82, 2.24) is 5.32 Å². The number of hydrogen-bond donors (Lipinski definition) is 2. The van der Waals surface area contributed by atoms with Gasteiger partial charge in [0.25, 0.3) is 0 Å². The Morgan fingerprint density at radius 2 is 2.06 bits per heavy atom. The second kappa shape index (κ2) is 7.46. The fourth-order valence-corrected chi connectivity index (χ4v) is 3.48. The third kappa shape index (κ3) is 7.34. The van der Waals surface area contributed by atoms with Gasteiger partial charge in [0.2, 0.25) is 10.0 Å². The number of nitrogens with two attached hydrogens (primary N) is 1. The molecule has 0 radical (unpaired) electrons. The van der Waals surface area contributed by atoms with E-state index in [1.807, 2.05) is 0 Å². The van der Waals surface area contributed by atoms with Crippen molar-refractivity contribution in [3.05, 3.63) is 0 Å². The molecular weight excluding hydrogens is 248 g/mol. The van der Waals surface area contributed by atoms with Crippen LogP contribution in [0.3, 0.4) is 0 Å². The summed E-state index contributed by atoms with van der Waals surface area (Å²) in [6.45, 7) is 5.32. The minimum absolute atomic E-state index is 0.0855. The van der Waals surface area contributed by atoms with Crippen molar-refractivity contribution < 1.29 is 8.42 Å². The highest BCUT2D eigenvalue weighted by molar-refractivity contribution is 7.89. The van der Waals surface area contributed by atoms with E-state index in [2.05, 4.69) is 19.2 Å². The zero-order valence-corrected chi connectivity index (χ0v) is 12.5. The molecule has 0 aromatic heterocycles. The maximum Gasteiger partial charge on any atom is 0.209 e. The van der Waals surface area contributed by atoms with Crippen LogP contribution in [-0.2, 0) is 10.0 Å². The lowest BCUT2D eigenvalue weighted by molar-refractivity contribution is 0.253. The van der Waals surface area contributed by atoms with E-state index in [9.17, 15) is 8.42 Å². The molecule has 1 rings (SSSR count).